The van der Waals surface area contributed by atoms with Crippen LogP contribution in [0.15, 0.2) is 58.4 Å². The number of nitrogens with zero attached hydrogens (tertiary/aromatic N) is 4. The van der Waals surface area contributed by atoms with Gasteiger partial charge in [-0.3, -0.25) is 19.1 Å². The Morgan fingerprint density at radius 1 is 1.25 bits per heavy atom. The van der Waals surface area contributed by atoms with Gasteiger partial charge < -0.3 is 0 Å². The van der Waals surface area contributed by atoms with Crippen LogP contribution in [0.1, 0.15) is 5.69 Å². The van der Waals surface area contributed by atoms with Gasteiger partial charge in [0.2, 0.25) is 0 Å². The van der Waals surface area contributed by atoms with Crippen molar-refractivity contribution in [2.24, 2.45) is 0 Å². The number of hydrogen-bond acceptors (Lipinski definition) is 5. The lowest BCUT2D eigenvalue weighted by Gasteiger charge is -2.13. The van der Waals surface area contributed by atoms with Gasteiger partial charge in [0.25, 0.3) is 5.91 Å². The third-order valence-corrected chi connectivity index (χ3v) is 5.25. The second-order valence-electron chi connectivity index (χ2n) is 4.99. The molecule has 5 nitrogen and oxygen atoms in total. The highest BCUT2D eigenvalue weighted by Crippen LogP contribution is 2.35. The summed E-state index contributed by atoms with van der Waals surface area (Å²) in [5.74, 6) is -0.150. The van der Waals surface area contributed by atoms with Gasteiger partial charge in [-0.2, -0.15) is 0 Å². The van der Waals surface area contributed by atoms with E-state index in [1.807, 2.05) is 34.9 Å². The molecule has 0 aromatic carbocycles. The predicted octanol–water partition coefficient (Wildman–Crippen LogP) is 3.90. The van der Waals surface area contributed by atoms with E-state index < -0.39 is 0 Å². The molecule has 1 saturated heterocycles. The third kappa shape index (κ3) is 2.66. The molecule has 1 amide bonds. The minimum Gasteiger partial charge on any atom is -0.299 e. The fraction of sp³-hybridized carbons (Fsp3) is 0. The van der Waals surface area contributed by atoms with Gasteiger partial charge >= 0.3 is 0 Å². The van der Waals surface area contributed by atoms with Crippen LogP contribution in [-0.2, 0) is 4.79 Å². The highest BCUT2D eigenvalue weighted by atomic mass is 79.9. The number of thioether (sulfide) groups is 1. The quantitative estimate of drug-likeness (QED) is 0.468. The summed E-state index contributed by atoms with van der Waals surface area (Å²) in [5, 5.41) is 0. The van der Waals surface area contributed by atoms with Crippen LogP contribution in [0.2, 0.25) is 0 Å². The van der Waals surface area contributed by atoms with Gasteiger partial charge in [0, 0.05) is 16.9 Å². The Morgan fingerprint density at radius 3 is 2.92 bits per heavy atom. The number of aromatic nitrogens is 3. The summed E-state index contributed by atoms with van der Waals surface area (Å²) >= 11 is 10.1. The molecule has 1 aliphatic rings. The summed E-state index contributed by atoms with van der Waals surface area (Å²) in [6, 6.07) is 7.42. The Bertz CT molecular complexity index is 1000. The van der Waals surface area contributed by atoms with Crippen molar-refractivity contribution in [1.82, 2.24) is 14.4 Å². The molecule has 0 aliphatic carbocycles. The van der Waals surface area contributed by atoms with Crippen LogP contribution in [0, 0.1) is 0 Å². The zero-order valence-corrected chi connectivity index (χ0v) is 15.3. The lowest BCUT2D eigenvalue weighted by atomic mass is 10.3. The summed E-state index contributed by atoms with van der Waals surface area (Å²) in [7, 11) is 0. The van der Waals surface area contributed by atoms with E-state index in [1.165, 1.54) is 16.7 Å². The standard InChI is InChI=1S/C16H9BrN4OS2/c17-10-3-4-14-19-8-12(20(14)9-10)6-13-15(22)21(16(23)24-13)11-2-1-5-18-7-11/h1-9H. The third-order valence-electron chi connectivity index (χ3n) is 3.47. The van der Waals surface area contributed by atoms with Crippen molar-refractivity contribution in [2.75, 3.05) is 4.90 Å². The fourth-order valence-electron chi connectivity index (χ4n) is 2.39. The molecule has 0 radical (unpaired) electrons. The maximum absolute atomic E-state index is 12.7. The van der Waals surface area contributed by atoms with Gasteiger partial charge in [-0.05, 0) is 46.3 Å². The maximum atomic E-state index is 12.7. The van der Waals surface area contributed by atoms with Crippen molar-refractivity contribution in [3.63, 3.8) is 0 Å². The summed E-state index contributed by atoms with van der Waals surface area (Å²) in [6.07, 6.45) is 8.74. The SMILES string of the molecule is O=C1C(=Cc2cnc3ccc(Br)cn23)SC(=S)N1c1cccnc1. The van der Waals surface area contributed by atoms with Crippen LogP contribution >= 0.6 is 39.9 Å². The first-order valence-electron chi connectivity index (χ1n) is 6.94. The number of anilines is 1. The molecule has 0 unspecified atom stereocenters. The molecular formula is C16H9BrN4OS2. The Morgan fingerprint density at radius 2 is 2.12 bits per heavy atom. The summed E-state index contributed by atoms with van der Waals surface area (Å²) in [4.78, 5) is 23.2. The zero-order valence-electron chi connectivity index (χ0n) is 12.1. The van der Waals surface area contributed by atoms with Crippen molar-refractivity contribution in [3.05, 3.63) is 64.1 Å². The number of halogens is 1. The average molecular weight is 417 g/mol. The molecule has 0 bridgehead atoms. The number of pyridine rings is 2. The average Bonchev–Trinajstić information content (AvgIpc) is 3.09. The van der Waals surface area contributed by atoms with E-state index in [4.69, 9.17) is 12.2 Å². The summed E-state index contributed by atoms with van der Waals surface area (Å²) in [5.41, 5.74) is 2.30. The molecule has 8 heteroatoms. The summed E-state index contributed by atoms with van der Waals surface area (Å²) in [6.45, 7) is 0. The molecule has 3 aromatic rings. The normalized spacial score (nSPS) is 16.5. The second kappa shape index (κ2) is 6.12. The Labute approximate surface area is 155 Å². The number of carbonyl (C=O) groups excluding carboxylic acids is 1. The van der Waals surface area contributed by atoms with Crippen molar-refractivity contribution in [1.29, 1.82) is 0 Å². The molecule has 1 fully saturated rings. The van der Waals surface area contributed by atoms with Crippen molar-refractivity contribution in [3.8, 4) is 0 Å². The van der Waals surface area contributed by atoms with Crippen molar-refractivity contribution < 1.29 is 4.79 Å². The smallest absolute Gasteiger partial charge is 0.270 e. The van der Waals surface area contributed by atoms with Crippen LogP contribution in [0.3, 0.4) is 0 Å². The number of imidazole rings is 1. The Hall–Kier alpha value is -2.03. The predicted molar refractivity (Wildman–Crippen MR) is 103 cm³/mol. The molecule has 4 rings (SSSR count). The van der Waals surface area contributed by atoms with Gasteiger partial charge in [0.1, 0.15) is 5.65 Å². The van der Waals surface area contributed by atoms with E-state index in [9.17, 15) is 4.79 Å². The first-order valence-corrected chi connectivity index (χ1v) is 8.96. The van der Waals surface area contributed by atoms with E-state index >= 15 is 0 Å². The molecule has 0 saturated carbocycles. The number of thiocarbonyl (C=S) groups is 1. The second-order valence-corrected chi connectivity index (χ2v) is 7.58. The molecule has 0 spiro atoms. The number of carbonyl (C=O) groups is 1. The molecule has 0 atom stereocenters. The lowest BCUT2D eigenvalue weighted by molar-refractivity contribution is -0.113. The lowest BCUT2D eigenvalue weighted by Crippen LogP contribution is -2.27. The molecule has 1 aliphatic heterocycles. The van der Waals surface area contributed by atoms with Crippen LogP contribution in [-0.4, -0.2) is 24.6 Å². The Kier molecular flexibility index (Phi) is 3.95. The van der Waals surface area contributed by atoms with Crippen molar-refractivity contribution >= 4 is 67.5 Å². The summed E-state index contributed by atoms with van der Waals surface area (Å²) < 4.78 is 3.35. The van der Waals surface area contributed by atoms with Gasteiger partial charge in [-0.1, -0.05) is 24.0 Å². The van der Waals surface area contributed by atoms with Crippen LogP contribution in [0.4, 0.5) is 5.69 Å². The number of hydrogen-bond donors (Lipinski definition) is 0. The van der Waals surface area contributed by atoms with Crippen LogP contribution in [0.5, 0.6) is 0 Å². The molecule has 24 heavy (non-hydrogen) atoms. The van der Waals surface area contributed by atoms with Crippen molar-refractivity contribution in [2.45, 2.75) is 0 Å². The number of amides is 1. The van der Waals surface area contributed by atoms with E-state index in [0.717, 1.165) is 15.8 Å². The first kappa shape index (κ1) is 15.5. The van der Waals surface area contributed by atoms with Gasteiger partial charge in [-0.15, -0.1) is 0 Å². The largest absolute Gasteiger partial charge is 0.299 e. The van der Waals surface area contributed by atoms with E-state index in [0.29, 0.717) is 14.9 Å². The molecule has 3 aromatic heterocycles. The highest BCUT2D eigenvalue weighted by Gasteiger charge is 2.33. The zero-order chi connectivity index (χ0) is 16.7. The monoisotopic (exact) mass is 416 g/mol. The minimum atomic E-state index is -0.150. The van der Waals surface area contributed by atoms with Gasteiger partial charge in [0.15, 0.2) is 4.32 Å². The topological polar surface area (TPSA) is 50.5 Å². The maximum Gasteiger partial charge on any atom is 0.270 e. The highest BCUT2D eigenvalue weighted by molar-refractivity contribution is 9.10. The van der Waals surface area contributed by atoms with Crippen LogP contribution in [0.25, 0.3) is 11.7 Å². The number of fused-ring (bicyclic) bond motifs is 1. The van der Waals surface area contributed by atoms with Gasteiger partial charge in [-0.25, -0.2) is 4.98 Å². The van der Waals surface area contributed by atoms with Crippen LogP contribution < -0.4 is 4.90 Å². The van der Waals surface area contributed by atoms with E-state index in [1.54, 1.807) is 24.7 Å². The molecule has 0 N–H and O–H groups in total. The van der Waals surface area contributed by atoms with E-state index in [-0.39, 0.29) is 5.91 Å². The fourth-order valence-corrected chi connectivity index (χ4v) is 4.01. The van der Waals surface area contributed by atoms with E-state index in [2.05, 4.69) is 25.9 Å². The molecular weight excluding hydrogens is 408 g/mol. The Balaban J connectivity index is 1.74. The molecule has 118 valence electrons. The minimum absolute atomic E-state index is 0.150. The molecule has 4 heterocycles. The first-order chi connectivity index (χ1) is 11.6. The van der Waals surface area contributed by atoms with Gasteiger partial charge in [0.05, 0.1) is 28.7 Å². The number of rotatable bonds is 2.